The Morgan fingerprint density at radius 2 is 1.75 bits per heavy atom. The number of thiocarbonyl (C=S) groups is 1. The average molecular weight is 496 g/mol. The lowest BCUT2D eigenvalue weighted by Crippen LogP contribution is -2.51. The highest BCUT2D eigenvalue weighted by Gasteiger charge is 2.22. The van der Waals surface area contributed by atoms with Crippen molar-refractivity contribution in [2.24, 2.45) is 0 Å². The molecule has 1 N–H and O–H groups in total. The number of nitrogens with zero attached hydrogens (tertiary/aromatic N) is 4. The molecule has 0 amide bonds. The van der Waals surface area contributed by atoms with Gasteiger partial charge in [0.05, 0.1) is 14.2 Å². The molecule has 1 fully saturated rings. The third kappa shape index (κ3) is 5.62. The third-order valence-corrected chi connectivity index (χ3v) is 5.68. The first-order valence-corrected chi connectivity index (χ1v) is 10.3. The molecule has 4 rings (SSSR count). The summed E-state index contributed by atoms with van der Waals surface area (Å²) in [5.41, 5.74) is 1.11. The minimum atomic E-state index is 0. The largest absolute Gasteiger partial charge is 0.493 e. The van der Waals surface area contributed by atoms with Crippen LogP contribution in [0.4, 0.5) is 5.82 Å². The number of rotatable bonds is 5. The molecule has 0 spiro atoms. The molecule has 3 heterocycles. The minimum Gasteiger partial charge on any atom is -0.493 e. The monoisotopic (exact) mass is 495 g/mol. The Morgan fingerprint density at radius 1 is 1.03 bits per heavy atom. The van der Waals surface area contributed by atoms with Crippen molar-refractivity contribution < 1.29 is 9.47 Å². The van der Waals surface area contributed by atoms with Crippen LogP contribution in [0.5, 0.6) is 11.5 Å². The predicted molar refractivity (Wildman–Crippen MR) is 137 cm³/mol. The van der Waals surface area contributed by atoms with E-state index in [0.29, 0.717) is 12.3 Å². The van der Waals surface area contributed by atoms with E-state index in [0.717, 1.165) is 59.2 Å². The minimum absolute atomic E-state index is 0. The number of benzene rings is 1. The van der Waals surface area contributed by atoms with Gasteiger partial charge in [-0.05, 0) is 47.4 Å². The topological polar surface area (TPSA) is 62.8 Å². The Labute approximate surface area is 205 Å². The molecule has 10 heteroatoms. The molecule has 1 aliphatic heterocycles. The van der Waals surface area contributed by atoms with Crippen molar-refractivity contribution in [1.29, 1.82) is 0 Å². The number of fused-ring (bicyclic) bond motifs is 1. The van der Waals surface area contributed by atoms with Crippen molar-refractivity contribution in [1.82, 2.24) is 20.2 Å². The van der Waals surface area contributed by atoms with E-state index in [1.54, 1.807) is 20.4 Å². The molecule has 172 valence electrons. The van der Waals surface area contributed by atoms with Crippen molar-refractivity contribution in [3.05, 3.63) is 54.5 Å². The lowest BCUT2D eigenvalue weighted by molar-refractivity contribution is 0.356. The Hall–Kier alpha value is -2.55. The van der Waals surface area contributed by atoms with E-state index in [4.69, 9.17) is 21.7 Å². The standard InChI is InChI=1S/C22H25N5O2S.2ClH/c1-28-19-12-17-5-7-24-21(18(17)13-20(19)29-2)26-8-10-27(11-9-26)22(30)25-15-16-4-3-6-23-14-16;;/h3-7,12-14H,8-11,15H2,1-2H3,(H,25,30);2*1H. The van der Waals surface area contributed by atoms with Gasteiger partial charge in [0.1, 0.15) is 5.82 Å². The zero-order chi connectivity index (χ0) is 20.9. The van der Waals surface area contributed by atoms with Gasteiger partial charge in [0.25, 0.3) is 0 Å². The zero-order valence-electron chi connectivity index (χ0n) is 18.0. The maximum Gasteiger partial charge on any atom is 0.169 e. The van der Waals surface area contributed by atoms with E-state index >= 15 is 0 Å². The molecule has 2 aromatic heterocycles. The first kappa shape index (κ1) is 25.7. The van der Waals surface area contributed by atoms with Crippen LogP contribution >= 0.6 is 37.0 Å². The van der Waals surface area contributed by atoms with Crippen LogP contribution in [0, 0.1) is 0 Å². The van der Waals surface area contributed by atoms with Crippen LogP contribution < -0.4 is 19.7 Å². The van der Waals surface area contributed by atoms with E-state index in [-0.39, 0.29) is 24.8 Å². The second-order valence-corrected chi connectivity index (χ2v) is 7.44. The maximum atomic E-state index is 5.60. The number of nitrogens with one attached hydrogen (secondary N) is 1. The van der Waals surface area contributed by atoms with Gasteiger partial charge in [0, 0.05) is 56.7 Å². The Balaban J connectivity index is 0.00000181. The molecule has 1 aliphatic rings. The first-order valence-electron chi connectivity index (χ1n) is 9.87. The number of halogens is 2. The molecule has 1 saturated heterocycles. The number of piperazine rings is 1. The summed E-state index contributed by atoms with van der Waals surface area (Å²) in [7, 11) is 3.30. The van der Waals surface area contributed by atoms with Crippen LogP contribution in [0.25, 0.3) is 10.8 Å². The van der Waals surface area contributed by atoms with Crippen LogP contribution in [-0.4, -0.2) is 60.4 Å². The zero-order valence-corrected chi connectivity index (χ0v) is 20.4. The van der Waals surface area contributed by atoms with Crippen LogP contribution in [0.2, 0.25) is 0 Å². The molecular formula is C22H27Cl2N5O2S. The fraction of sp³-hybridized carbons (Fsp3) is 0.318. The van der Waals surface area contributed by atoms with Crippen LogP contribution in [0.15, 0.2) is 48.9 Å². The van der Waals surface area contributed by atoms with E-state index in [1.165, 1.54) is 0 Å². The SMILES string of the molecule is COc1cc2ccnc(N3CCN(C(=S)NCc4cccnc4)CC3)c2cc1OC.Cl.Cl. The van der Waals surface area contributed by atoms with Crippen LogP contribution in [0.3, 0.4) is 0 Å². The van der Waals surface area contributed by atoms with E-state index in [2.05, 4.69) is 25.1 Å². The van der Waals surface area contributed by atoms with Gasteiger partial charge < -0.3 is 24.6 Å². The summed E-state index contributed by atoms with van der Waals surface area (Å²) in [6, 6.07) is 9.96. The number of ether oxygens (including phenoxy) is 2. The van der Waals surface area contributed by atoms with Crippen molar-refractivity contribution in [3.63, 3.8) is 0 Å². The molecule has 1 aromatic carbocycles. The summed E-state index contributed by atoms with van der Waals surface area (Å²) in [6.07, 6.45) is 5.47. The fourth-order valence-electron chi connectivity index (χ4n) is 3.65. The predicted octanol–water partition coefficient (Wildman–Crippen LogP) is 3.69. The molecule has 0 radical (unpaired) electrons. The summed E-state index contributed by atoms with van der Waals surface area (Å²) in [6.45, 7) is 4.04. The van der Waals surface area contributed by atoms with E-state index in [9.17, 15) is 0 Å². The Bertz CT molecular complexity index is 1030. The maximum absolute atomic E-state index is 5.60. The summed E-state index contributed by atoms with van der Waals surface area (Å²) in [5, 5.41) is 6.24. The van der Waals surface area contributed by atoms with E-state index < -0.39 is 0 Å². The second-order valence-electron chi connectivity index (χ2n) is 7.06. The van der Waals surface area contributed by atoms with Gasteiger partial charge in [-0.3, -0.25) is 4.98 Å². The summed E-state index contributed by atoms with van der Waals surface area (Å²) in [4.78, 5) is 13.3. The highest BCUT2D eigenvalue weighted by atomic mass is 35.5. The lowest BCUT2D eigenvalue weighted by atomic mass is 10.1. The van der Waals surface area contributed by atoms with Gasteiger partial charge >= 0.3 is 0 Å². The number of methoxy groups -OCH3 is 2. The van der Waals surface area contributed by atoms with Gasteiger partial charge in [0.15, 0.2) is 16.6 Å². The number of aromatic nitrogens is 2. The molecule has 0 unspecified atom stereocenters. The fourth-order valence-corrected chi connectivity index (χ4v) is 3.90. The smallest absolute Gasteiger partial charge is 0.169 e. The molecule has 0 atom stereocenters. The molecule has 32 heavy (non-hydrogen) atoms. The highest BCUT2D eigenvalue weighted by molar-refractivity contribution is 7.80. The van der Waals surface area contributed by atoms with Gasteiger partial charge in [-0.2, -0.15) is 0 Å². The number of hydrogen-bond acceptors (Lipinski definition) is 6. The number of pyridine rings is 2. The van der Waals surface area contributed by atoms with Crippen molar-refractivity contribution in [2.45, 2.75) is 6.54 Å². The van der Waals surface area contributed by atoms with Crippen molar-refractivity contribution in [3.8, 4) is 11.5 Å². The molecule has 0 saturated carbocycles. The van der Waals surface area contributed by atoms with Gasteiger partial charge in [-0.1, -0.05) is 6.07 Å². The third-order valence-electron chi connectivity index (χ3n) is 5.28. The van der Waals surface area contributed by atoms with E-state index in [1.807, 2.05) is 42.7 Å². The van der Waals surface area contributed by atoms with Gasteiger partial charge in [-0.15, -0.1) is 24.8 Å². The summed E-state index contributed by atoms with van der Waals surface area (Å²) in [5.74, 6) is 2.39. The molecule has 0 aliphatic carbocycles. The van der Waals surface area contributed by atoms with Crippen LogP contribution in [0.1, 0.15) is 5.56 Å². The molecule has 3 aromatic rings. The Morgan fingerprint density at radius 3 is 2.41 bits per heavy atom. The number of hydrogen-bond donors (Lipinski definition) is 1. The lowest BCUT2D eigenvalue weighted by Gasteiger charge is -2.37. The van der Waals surface area contributed by atoms with Gasteiger partial charge in [-0.25, -0.2) is 4.98 Å². The quantitative estimate of drug-likeness (QED) is 0.537. The molecule has 0 bridgehead atoms. The highest BCUT2D eigenvalue weighted by Crippen LogP contribution is 2.35. The normalized spacial score (nSPS) is 13.1. The van der Waals surface area contributed by atoms with Gasteiger partial charge in [0.2, 0.25) is 0 Å². The second kappa shape index (κ2) is 11.9. The van der Waals surface area contributed by atoms with Crippen molar-refractivity contribution in [2.75, 3.05) is 45.3 Å². The Kier molecular flexibility index (Phi) is 9.56. The summed E-state index contributed by atoms with van der Waals surface area (Å²) >= 11 is 5.60. The molecule has 7 nitrogen and oxygen atoms in total. The average Bonchev–Trinajstić information content (AvgIpc) is 2.82. The molecular weight excluding hydrogens is 469 g/mol. The van der Waals surface area contributed by atoms with Crippen molar-refractivity contribution >= 4 is 58.7 Å². The first-order chi connectivity index (χ1) is 14.7. The summed E-state index contributed by atoms with van der Waals surface area (Å²) < 4.78 is 10.9. The van der Waals surface area contributed by atoms with Crippen LogP contribution in [-0.2, 0) is 6.54 Å². The number of anilines is 1.